The Balaban J connectivity index is 1.51. The smallest absolute Gasteiger partial charge is 0.198 e. The number of ether oxygens (including phenoxy) is 1. The van der Waals surface area contributed by atoms with E-state index in [1.54, 1.807) is 24.3 Å². The lowest BCUT2D eigenvalue weighted by atomic mass is 10.1. The number of aliphatic hydroxyl groups is 1. The molecule has 1 fully saturated rings. The molecular weight excluding hydrogens is 439 g/mol. The third-order valence-electron chi connectivity index (χ3n) is 6.11. The van der Waals surface area contributed by atoms with E-state index in [9.17, 15) is 15.3 Å². The number of aromatic nitrogens is 1. The highest BCUT2D eigenvalue weighted by Gasteiger charge is 2.41. The largest absolute Gasteiger partial charge is 0.494 e. The lowest BCUT2D eigenvalue weighted by Crippen LogP contribution is -2.39. The molecule has 3 aromatic rings. The van der Waals surface area contributed by atoms with Gasteiger partial charge in [-0.1, -0.05) is 29.3 Å². The molecular formula is C23H22Cl2N2O4. The Morgan fingerprint density at radius 2 is 1.77 bits per heavy atom. The maximum Gasteiger partial charge on any atom is 0.198 e. The maximum absolute atomic E-state index is 10.1. The van der Waals surface area contributed by atoms with Crippen molar-refractivity contribution in [3.8, 4) is 23.2 Å². The standard InChI is InChI=1S/C23H22Cl2N2O4/c24-13-8-18-17(19(25)9-13)11-20(26-7-6-15(28)12-26)23(18)31-16-3-1-2-14(10-16)27-21(29)4-5-22(27)30/h1-5,8-10,15,20,23,28-30H,6-7,11-12H2/t15-,20+,23+/m1/s1. The van der Waals surface area contributed by atoms with Crippen molar-refractivity contribution in [3.05, 3.63) is 69.7 Å². The normalized spacial score (nSPS) is 23.3. The van der Waals surface area contributed by atoms with Crippen LogP contribution in [0.25, 0.3) is 5.69 Å². The third-order valence-corrected chi connectivity index (χ3v) is 6.66. The highest BCUT2D eigenvalue weighted by Crippen LogP contribution is 2.43. The first-order chi connectivity index (χ1) is 14.9. The van der Waals surface area contributed by atoms with Crippen LogP contribution in [0.1, 0.15) is 23.7 Å². The molecule has 0 spiro atoms. The lowest BCUT2D eigenvalue weighted by molar-refractivity contribution is 0.0818. The van der Waals surface area contributed by atoms with E-state index in [1.165, 1.54) is 16.7 Å². The summed E-state index contributed by atoms with van der Waals surface area (Å²) >= 11 is 12.8. The molecule has 0 radical (unpaired) electrons. The van der Waals surface area contributed by atoms with E-state index >= 15 is 0 Å². The number of hydrogen-bond donors (Lipinski definition) is 3. The van der Waals surface area contributed by atoms with Crippen LogP contribution in [0.2, 0.25) is 10.0 Å². The molecule has 1 aliphatic carbocycles. The number of aromatic hydroxyl groups is 2. The molecule has 31 heavy (non-hydrogen) atoms. The van der Waals surface area contributed by atoms with Gasteiger partial charge < -0.3 is 20.1 Å². The zero-order valence-electron chi connectivity index (χ0n) is 16.6. The predicted octanol–water partition coefficient (Wildman–Crippen LogP) is 4.31. The van der Waals surface area contributed by atoms with Gasteiger partial charge in [-0.25, -0.2) is 0 Å². The van der Waals surface area contributed by atoms with Crippen molar-refractivity contribution in [1.29, 1.82) is 0 Å². The summed E-state index contributed by atoms with van der Waals surface area (Å²) in [4.78, 5) is 2.24. The molecule has 2 aliphatic rings. The number of nitrogens with zero attached hydrogens (tertiary/aromatic N) is 2. The highest BCUT2D eigenvalue weighted by molar-refractivity contribution is 6.35. The first-order valence-corrected chi connectivity index (χ1v) is 10.9. The van der Waals surface area contributed by atoms with E-state index in [2.05, 4.69) is 4.90 Å². The van der Waals surface area contributed by atoms with Crippen LogP contribution < -0.4 is 4.74 Å². The Morgan fingerprint density at radius 3 is 2.48 bits per heavy atom. The first kappa shape index (κ1) is 20.5. The Morgan fingerprint density at radius 1 is 1.00 bits per heavy atom. The second kappa shape index (κ2) is 7.95. The Hall–Kier alpha value is -2.38. The van der Waals surface area contributed by atoms with E-state index in [-0.39, 0.29) is 30.0 Å². The minimum Gasteiger partial charge on any atom is -0.494 e. The predicted molar refractivity (Wildman–Crippen MR) is 119 cm³/mol. The third kappa shape index (κ3) is 3.74. The van der Waals surface area contributed by atoms with Crippen molar-refractivity contribution < 1.29 is 20.1 Å². The fourth-order valence-corrected chi connectivity index (χ4v) is 5.26. The number of β-amino-alcohol motifs (C(OH)–C–C–N with tert-alkyl or cyclic N) is 1. The zero-order valence-corrected chi connectivity index (χ0v) is 18.1. The molecule has 5 rings (SSSR count). The van der Waals surface area contributed by atoms with Gasteiger partial charge >= 0.3 is 0 Å². The van der Waals surface area contributed by atoms with Crippen molar-refractivity contribution in [2.24, 2.45) is 0 Å². The van der Waals surface area contributed by atoms with Crippen LogP contribution in [-0.4, -0.2) is 50.0 Å². The fraction of sp³-hybridized carbons (Fsp3) is 0.304. The molecule has 0 amide bonds. The molecule has 6 nitrogen and oxygen atoms in total. The monoisotopic (exact) mass is 460 g/mol. The van der Waals surface area contributed by atoms with Gasteiger partial charge in [0.15, 0.2) is 11.8 Å². The van der Waals surface area contributed by atoms with E-state index in [1.807, 2.05) is 12.1 Å². The van der Waals surface area contributed by atoms with Crippen LogP contribution in [0.3, 0.4) is 0 Å². The number of rotatable bonds is 4. The SMILES string of the molecule is Oc1ccc(O)n1-c1cccc(O[C@H]2c3cc(Cl)cc(Cl)c3C[C@@H]2N2CC[C@@H](O)C2)c1. The molecule has 8 heteroatoms. The molecule has 1 aliphatic heterocycles. The lowest BCUT2D eigenvalue weighted by Gasteiger charge is -2.30. The number of halogens is 2. The molecule has 1 saturated heterocycles. The van der Waals surface area contributed by atoms with Crippen LogP contribution in [0.4, 0.5) is 0 Å². The molecule has 2 aromatic carbocycles. The molecule has 2 heterocycles. The fourth-order valence-electron chi connectivity index (χ4n) is 4.67. The average Bonchev–Trinajstić information content (AvgIpc) is 3.40. The van der Waals surface area contributed by atoms with Gasteiger partial charge in [-0.05, 0) is 42.7 Å². The Bertz CT molecular complexity index is 1110. The summed E-state index contributed by atoms with van der Waals surface area (Å²) in [5.41, 5.74) is 2.54. The second-order valence-corrected chi connectivity index (χ2v) is 8.93. The minimum absolute atomic E-state index is 0.0140. The van der Waals surface area contributed by atoms with Crippen LogP contribution >= 0.6 is 23.2 Å². The molecule has 3 N–H and O–H groups in total. The summed E-state index contributed by atoms with van der Waals surface area (Å²) in [6.45, 7) is 1.38. The van der Waals surface area contributed by atoms with Gasteiger partial charge in [0.05, 0.1) is 17.8 Å². The van der Waals surface area contributed by atoms with Crippen LogP contribution in [0.5, 0.6) is 17.5 Å². The molecule has 1 aromatic heterocycles. The minimum atomic E-state index is -0.341. The number of benzene rings is 2. The maximum atomic E-state index is 10.1. The van der Waals surface area contributed by atoms with Gasteiger partial charge in [0.1, 0.15) is 11.9 Å². The molecule has 3 atom stereocenters. The van der Waals surface area contributed by atoms with Gasteiger partial charge in [-0.2, -0.15) is 0 Å². The Kier molecular flexibility index (Phi) is 5.26. The topological polar surface area (TPSA) is 78.1 Å². The van der Waals surface area contributed by atoms with Crippen molar-refractivity contribution in [2.45, 2.75) is 31.1 Å². The van der Waals surface area contributed by atoms with Gasteiger partial charge in [0, 0.05) is 46.9 Å². The Labute approximate surface area is 189 Å². The molecule has 0 bridgehead atoms. The van der Waals surface area contributed by atoms with E-state index in [4.69, 9.17) is 27.9 Å². The van der Waals surface area contributed by atoms with Crippen LogP contribution in [0.15, 0.2) is 48.5 Å². The van der Waals surface area contributed by atoms with Crippen LogP contribution in [-0.2, 0) is 6.42 Å². The quantitative estimate of drug-likeness (QED) is 0.540. The van der Waals surface area contributed by atoms with Gasteiger partial charge in [0.25, 0.3) is 0 Å². The summed E-state index contributed by atoms with van der Waals surface area (Å²) < 4.78 is 7.80. The van der Waals surface area contributed by atoms with Crippen molar-refractivity contribution in [1.82, 2.24) is 9.47 Å². The number of hydrogen-bond acceptors (Lipinski definition) is 5. The van der Waals surface area contributed by atoms with Gasteiger partial charge in [-0.15, -0.1) is 0 Å². The van der Waals surface area contributed by atoms with Gasteiger partial charge in [-0.3, -0.25) is 9.47 Å². The van der Waals surface area contributed by atoms with Gasteiger partial charge in [0.2, 0.25) is 0 Å². The summed E-state index contributed by atoms with van der Waals surface area (Å²) in [7, 11) is 0. The van der Waals surface area contributed by atoms with E-state index in [0.29, 0.717) is 34.4 Å². The molecule has 0 saturated carbocycles. The zero-order chi connectivity index (χ0) is 21.7. The highest BCUT2D eigenvalue weighted by atomic mass is 35.5. The number of likely N-dealkylation sites (tertiary alicyclic amines) is 1. The summed E-state index contributed by atoms with van der Waals surface area (Å²) in [5, 5.41) is 31.4. The van der Waals surface area contributed by atoms with Crippen molar-refractivity contribution in [3.63, 3.8) is 0 Å². The summed E-state index contributed by atoms with van der Waals surface area (Å²) in [5.74, 6) is 0.454. The number of aliphatic hydroxyl groups excluding tert-OH is 1. The molecule has 0 unspecified atom stereocenters. The molecule has 162 valence electrons. The second-order valence-electron chi connectivity index (χ2n) is 8.09. The van der Waals surface area contributed by atoms with Crippen molar-refractivity contribution >= 4 is 23.2 Å². The first-order valence-electron chi connectivity index (χ1n) is 10.2. The van der Waals surface area contributed by atoms with E-state index < -0.39 is 0 Å². The van der Waals surface area contributed by atoms with Crippen LogP contribution in [0, 0.1) is 0 Å². The van der Waals surface area contributed by atoms with Crippen molar-refractivity contribution in [2.75, 3.05) is 13.1 Å². The summed E-state index contributed by atoms with van der Waals surface area (Å²) in [6.07, 6.45) is 0.780. The summed E-state index contributed by atoms with van der Waals surface area (Å²) in [6, 6.07) is 13.7. The van der Waals surface area contributed by atoms with E-state index in [0.717, 1.165) is 24.1 Å². The number of fused-ring (bicyclic) bond motifs is 1. The average molecular weight is 461 g/mol.